The molecule has 5 heteroatoms. The van der Waals surface area contributed by atoms with Crippen molar-refractivity contribution >= 4 is 34.6 Å². The minimum atomic E-state index is 0.593. The van der Waals surface area contributed by atoms with Gasteiger partial charge in [-0.05, 0) is 22.9 Å². The normalized spacial score (nSPS) is 14.3. The average Bonchev–Trinajstić information content (AvgIpc) is 2.47. The highest BCUT2D eigenvalue weighted by molar-refractivity contribution is 7.98. The van der Waals surface area contributed by atoms with Gasteiger partial charge in [0.15, 0.2) is 0 Å². The fourth-order valence-electron chi connectivity index (χ4n) is 0.881. The van der Waals surface area contributed by atoms with Crippen molar-refractivity contribution < 1.29 is 0 Å². The van der Waals surface area contributed by atoms with Crippen LogP contribution in [0.3, 0.4) is 0 Å². The Bertz CT molecular complexity index is 292. The SMILES string of the molecule is NCc1csc2c1SNC=N2. The second-order valence-electron chi connectivity index (χ2n) is 2.08. The van der Waals surface area contributed by atoms with Crippen molar-refractivity contribution in [2.75, 3.05) is 0 Å². The minimum Gasteiger partial charge on any atom is -0.326 e. The summed E-state index contributed by atoms with van der Waals surface area (Å²) in [7, 11) is 0. The van der Waals surface area contributed by atoms with Gasteiger partial charge in [-0.15, -0.1) is 11.3 Å². The number of aliphatic imine (C=N–C) groups is 1. The number of rotatable bonds is 1. The molecule has 1 aromatic heterocycles. The van der Waals surface area contributed by atoms with E-state index in [1.165, 1.54) is 10.5 Å². The molecule has 0 aromatic carbocycles. The van der Waals surface area contributed by atoms with Gasteiger partial charge in [0.25, 0.3) is 0 Å². The lowest BCUT2D eigenvalue weighted by atomic mass is 10.3. The Balaban J connectivity index is 2.47. The van der Waals surface area contributed by atoms with E-state index in [4.69, 9.17) is 5.73 Å². The van der Waals surface area contributed by atoms with E-state index in [1.807, 2.05) is 0 Å². The molecule has 2 rings (SSSR count). The van der Waals surface area contributed by atoms with Crippen LogP contribution in [0.2, 0.25) is 0 Å². The van der Waals surface area contributed by atoms with Gasteiger partial charge in [-0.2, -0.15) is 0 Å². The third-order valence-corrected chi connectivity index (χ3v) is 3.36. The summed E-state index contributed by atoms with van der Waals surface area (Å²) in [5.74, 6) is 0. The van der Waals surface area contributed by atoms with Gasteiger partial charge in [0.2, 0.25) is 0 Å². The molecule has 2 heterocycles. The van der Waals surface area contributed by atoms with E-state index in [0.717, 1.165) is 5.00 Å². The summed E-state index contributed by atoms with van der Waals surface area (Å²) in [6.45, 7) is 0.593. The van der Waals surface area contributed by atoms with Gasteiger partial charge in [0.1, 0.15) is 5.00 Å². The summed E-state index contributed by atoms with van der Waals surface area (Å²) in [6.07, 6.45) is 1.70. The molecule has 0 spiro atoms. The fourth-order valence-corrected chi connectivity index (χ4v) is 2.68. The maximum atomic E-state index is 5.53. The van der Waals surface area contributed by atoms with Gasteiger partial charge in [0.05, 0.1) is 11.2 Å². The third-order valence-electron chi connectivity index (χ3n) is 1.41. The molecule has 0 radical (unpaired) electrons. The predicted octanol–water partition coefficient (Wildman–Crippen LogP) is 1.48. The Morgan fingerprint density at radius 2 is 2.55 bits per heavy atom. The lowest BCUT2D eigenvalue weighted by molar-refractivity contribution is 1.04. The molecule has 0 amide bonds. The summed E-state index contributed by atoms with van der Waals surface area (Å²) >= 11 is 3.22. The van der Waals surface area contributed by atoms with E-state index in [9.17, 15) is 0 Å². The zero-order chi connectivity index (χ0) is 7.68. The number of hydrogen-bond acceptors (Lipinski definition) is 5. The van der Waals surface area contributed by atoms with Crippen LogP contribution in [-0.4, -0.2) is 6.34 Å². The zero-order valence-electron chi connectivity index (χ0n) is 5.70. The van der Waals surface area contributed by atoms with Crippen LogP contribution in [0, 0.1) is 0 Å². The Kier molecular flexibility index (Phi) is 1.85. The van der Waals surface area contributed by atoms with Gasteiger partial charge < -0.3 is 10.5 Å². The molecule has 0 bridgehead atoms. The van der Waals surface area contributed by atoms with Crippen LogP contribution < -0.4 is 10.5 Å². The van der Waals surface area contributed by atoms with Crippen molar-refractivity contribution in [3.63, 3.8) is 0 Å². The molecule has 11 heavy (non-hydrogen) atoms. The van der Waals surface area contributed by atoms with Crippen LogP contribution in [0.4, 0.5) is 5.00 Å². The Hall–Kier alpha value is -0.520. The number of nitrogens with zero attached hydrogens (tertiary/aromatic N) is 1. The van der Waals surface area contributed by atoms with Crippen LogP contribution in [0.15, 0.2) is 15.3 Å². The largest absolute Gasteiger partial charge is 0.326 e. The summed E-state index contributed by atoms with van der Waals surface area (Å²) in [6, 6.07) is 0. The van der Waals surface area contributed by atoms with Crippen LogP contribution in [-0.2, 0) is 6.54 Å². The highest BCUT2D eigenvalue weighted by Crippen LogP contribution is 2.38. The molecule has 0 atom stereocenters. The number of nitrogens with one attached hydrogen (secondary N) is 1. The van der Waals surface area contributed by atoms with Crippen molar-refractivity contribution in [3.05, 3.63) is 10.9 Å². The number of hydrogen-bond donors (Lipinski definition) is 2. The van der Waals surface area contributed by atoms with Gasteiger partial charge in [0, 0.05) is 6.54 Å². The molecular weight excluding hydrogens is 178 g/mol. The maximum absolute atomic E-state index is 5.53. The van der Waals surface area contributed by atoms with E-state index in [2.05, 4.69) is 15.1 Å². The monoisotopic (exact) mass is 185 g/mol. The summed E-state index contributed by atoms with van der Waals surface area (Å²) in [5.41, 5.74) is 6.71. The van der Waals surface area contributed by atoms with Crippen LogP contribution in [0.25, 0.3) is 0 Å². The van der Waals surface area contributed by atoms with Gasteiger partial charge >= 0.3 is 0 Å². The highest BCUT2D eigenvalue weighted by atomic mass is 32.2. The van der Waals surface area contributed by atoms with E-state index < -0.39 is 0 Å². The van der Waals surface area contributed by atoms with E-state index in [-0.39, 0.29) is 0 Å². The van der Waals surface area contributed by atoms with Crippen LogP contribution >= 0.6 is 23.3 Å². The van der Waals surface area contributed by atoms with Crippen molar-refractivity contribution in [1.29, 1.82) is 0 Å². The van der Waals surface area contributed by atoms with Gasteiger partial charge in [-0.3, -0.25) is 0 Å². The number of thiophene rings is 1. The first-order valence-electron chi connectivity index (χ1n) is 3.17. The Labute approximate surface area is 72.8 Å². The first-order chi connectivity index (χ1) is 5.42. The Morgan fingerprint density at radius 1 is 1.64 bits per heavy atom. The molecule has 0 saturated carbocycles. The average molecular weight is 185 g/mol. The van der Waals surface area contributed by atoms with Gasteiger partial charge in [-0.1, -0.05) is 0 Å². The number of nitrogens with two attached hydrogens (primary N) is 1. The predicted molar refractivity (Wildman–Crippen MR) is 49.4 cm³/mol. The molecule has 0 unspecified atom stereocenters. The third kappa shape index (κ3) is 1.15. The van der Waals surface area contributed by atoms with Gasteiger partial charge in [-0.25, -0.2) is 4.99 Å². The molecule has 3 nitrogen and oxygen atoms in total. The lowest BCUT2D eigenvalue weighted by Gasteiger charge is -2.05. The maximum Gasteiger partial charge on any atom is 0.133 e. The molecule has 1 aromatic rings. The smallest absolute Gasteiger partial charge is 0.133 e. The molecule has 58 valence electrons. The molecule has 1 aliphatic rings. The molecule has 3 N–H and O–H groups in total. The molecule has 0 saturated heterocycles. The van der Waals surface area contributed by atoms with Crippen LogP contribution in [0.5, 0.6) is 0 Å². The minimum absolute atomic E-state index is 0.593. The summed E-state index contributed by atoms with van der Waals surface area (Å²) < 4.78 is 2.98. The van der Waals surface area contributed by atoms with E-state index in [1.54, 1.807) is 29.6 Å². The quantitative estimate of drug-likeness (QED) is 0.651. The first-order valence-corrected chi connectivity index (χ1v) is 4.87. The number of fused-ring (bicyclic) bond motifs is 1. The van der Waals surface area contributed by atoms with E-state index >= 15 is 0 Å². The molecule has 1 aliphatic heterocycles. The second kappa shape index (κ2) is 2.84. The highest BCUT2D eigenvalue weighted by Gasteiger charge is 2.12. The van der Waals surface area contributed by atoms with Crippen molar-refractivity contribution in [3.8, 4) is 0 Å². The topological polar surface area (TPSA) is 50.4 Å². The zero-order valence-corrected chi connectivity index (χ0v) is 7.34. The summed E-state index contributed by atoms with van der Waals surface area (Å²) in [5, 5.41) is 3.12. The molecule has 0 fully saturated rings. The second-order valence-corrected chi connectivity index (χ2v) is 3.78. The van der Waals surface area contributed by atoms with Crippen molar-refractivity contribution in [2.24, 2.45) is 10.7 Å². The fraction of sp³-hybridized carbons (Fsp3) is 0.167. The van der Waals surface area contributed by atoms with Crippen LogP contribution in [0.1, 0.15) is 5.56 Å². The van der Waals surface area contributed by atoms with E-state index in [0.29, 0.717) is 6.54 Å². The first kappa shape index (κ1) is 7.15. The molecule has 0 aliphatic carbocycles. The standard InChI is InChI=1S/C6H7N3S2/c7-1-4-2-10-6-5(4)11-9-3-8-6/h2-3H,1,7H2,(H,8,9). The molecular formula is C6H7N3S2. The van der Waals surface area contributed by atoms with Crippen molar-refractivity contribution in [2.45, 2.75) is 11.4 Å². The Morgan fingerprint density at radius 3 is 3.36 bits per heavy atom. The lowest BCUT2D eigenvalue weighted by Crippen LogP contribution is -2.04. The summed E-state index contributed by atoms with van der Waals surface area (Å²) in [4.78, 5) is 5.35. The van der Waals surface area contributed by atoms with Crippen molar-refractivity contribution in [1.82, 2.24) is 4.72 Å².